The van der Waals surface area contributed by atoms with Crippen molar-refractivity contribution in [3.8, 4) is 11.3 Å². The van der Waals surface area contributed by atoms with Gasteiger partial charge in [-0.05, 0) is 24.6 Å². The summed E-state index contributed by atoms with van der Waals surface area (Å²) in [5.41, 5.74) is 2.07. The van der Waals surface area contributed by atoms with E-state index in [0.29, 0.717) is 19.9 Å². The van der Waals surface area contributed by atoms with Crippen LogP contribution in [0.3, 0.4) is 0 Å². The van der Waals surface area contributed by atoms with Gasteiger partial charge in [0.05, 0.1) is 31.1 Å². The standard InChI is InChI=1S/C22H34BrN3O3Si/c1-27-9-10-29-19-13-20(24-14-19)22-25-21(17-5-7-18(23)8-6-17)15-26(22)16-28-11-12-30(2,3)4/h5-8,15,19-20,24H,9-14,16H2,1-4H3. The van der Waals surface area contributed by atoms with E-state index in [2.05, 4.69) is 63.8 Å². The molecule has 2 atom stereocenters. The Labute approximate surface area is 189 Å². The largest absolute Gasteiger partial charge is 0.382 e. The smallest absolute Gasteiger partial charge is 0.128 e. The molecule has 0 bridgehead atoms. The maximum atomic E-state index is 6.05. The monoisotopic (exact) mass is 495 g/mol. The van der Waals surface area contributed by atoms with Gasteiger partial charge in [-0.15, -0.1) is 0 Å². The highest BCUT2D eigenvalue weighted by Gasteiger charge is 2.29. The van der Waals surface area contributed by atoms with Crippen molar-refractivity contribution in [1.82, 2.24) is 14.9 Å². The lowest BCUT2D eigenvalue weighted by Crippen LogP contribution is -2.23. The molecule has 1 aliphatic heterocycles. The molecule has 166 valence electrons. The first-order valence-electron chi connectivity index (χ1n) is 10.6. The summed E-state index contributed by atoms with van der Waals surface area (Å²) in [7, 11) is 0.590. The Bertz CT molecular complexity index is 792. The second-order valence-electron chi connectivity index (χ2n) is 8.99. The number of hydrogen-bond donors (Lipinski definition) is 1. The number of imidazole rings is 1. The van der Waals surface area contributed by atoms with Crippen LogP contribution in [-0.2, 0) is 20.9 Å². The molecule has 3 rings (SSSR count). The maximum Gasteiger partial charge on any atom is 0.128 e. The van der Waals surface area contributed by atoms with Crippen LogP contribution in [0.4, 0.5) is 0 Å². The molecular weight excluding hydrogens is 462 g/mol. The van der Waals surface area contributed by atoms with Crippen LogP contribution < -0.4 is 5.32 Å². The fourth-order valence-corrected chi connectivity index (χ4v) is 4.46. The minimum absolute atomic E-state index is 0.155. The molecular formula is C22H34BrN3O3Si. The van der Waals surface area contributed by atoms with Crippen molar-refractivity contribution in [2.45, 2.75) is 51.0 Å². The molecule has 6 nitrogen and oxygen atoms in total. The topological polar surface area (TPSA) is 57.5 Å². The van der Waals surface area contributed by atoms with Crippen molar-refractivity contribution < 1.29 is 14.2 Å². The average Bonchev–Trinajstić information content (AvgIpc) is 3.32. The molecule has 1 aromatic carbocycles. The molecule has 1 aromatic heterocycles. The molecule has 0 aliphatic carbocycles. The lowest BCUT2D eigenvalue weighted by atomic mass is 10.2. The molecule has 1 fully saturated rings. The van der Waals surface area contributed by atoms with E-state index in [4.69, 9.17) is 19.2 Å². The van der Waals surface area contributed by atoms with Crippen molar-refractivity contribution >= 4 is 24.0 Å². The van der Waals surface area contributed by atoms with Gasteiger partial charge in [-0.3, -0.25) is 0 Å². The molecule has 1 N–H and O–H groups in total. The molecule has 2 heterocycles. The molecule has 1 saturated heterocycles. The number of nitrogens with zero attached hydrogens (tertiary/aromatic N) is 2. The lowest BCUT2D eigenvalue weighted by Gasteiger charge is -2.17. The van der Waals surface area contributed by atoms with E-state index in [0.717, 1.165) is 47.2 Å². The summed E-state index contributed by atoms with van der Waals surface area (Å²) in [4.78, 5) is 4.98. The average molecular weight is 497 g/mol. The van der Waals surface area contributed by atoms with Crippen molar-refractivity contribution in [3.63, 3.8) is 0 Å². The van der Waals surface area contributed by atoms with E-state index in [1.165, 1.54) is 0 Å². The highest BCUT2D eigenvalue weighted by Crippen LogP contribution is 2.28. The normalized spacial score (nSPS) is 19.5. The van der Waals surface area contributed by atoms with E-state index in [1.54, 1.807) is 7.11 Å². The number of ether oxygens (including phenoxy) is 3. The van der Waals surface area contributed by atoms with E-state index in [1.807, 2.05) is 12.1 Å². The third kappa shape index (κ3) is 7.00. The van der Waals surface area contributed by atoms with E-state index in [9.17, 15) is 0 Å². The van der Waals surface area contributed by atoms with Crippen LogP contribution in [0.15, 0.2) is 34.9 Å². The van der Waals surface area contributed by atoms with Gasteiger partial charge in [0.1, 0.15) is 12.6 Å². The molecule has 1 aliphatic rings. The number of nitrogens with one attached hydrogen (secondary N) is 1. The van der Waals surface area contributed by atoms with Crippen LogP contribution in [-0.4, -0.2) is 57.2 Å². The summed E-state index contributed by atoms with van der Waals surface area (Å²) < 4.78 is 20.3. The van der Waals surface area contributed by atoms with Gasteiger partial charge >= 0.3 is 0 Å². The van der Waals surface area contributed by atoms with Gasteiger partial charge in [-0.25, -0.2) is 4.98 Å². The van der Waals surface area contributed by atoms with Crippen molar-refractivity contribution in [1.29, 1.82) is 0 Å². The second kappa shape index (κ2) is 11.0. The summed E-state index contributed by atoms with van der Waals surface area (Å²) >= 11 is 3.51. The van der Waals surface area contributed by atoms with Gasteiger partial charge in [0.25, 0.3) is 0 Å². The van der Waals surface area contributed by atoms with Crippen molar-refractivity contribution in [2.24, 2.45) is 0 Å². The van der Waals surface area contributed by atoms with E-state index in [-0.39, 0.29) is 12.1 Å². The highest BCUT2D eigenvalue weighted by atomic mass is 79.9. The zero-order valence-corrected chi connectivity index (χ0v) is 21.1. The van der Waals surface area contributed by atoms with Crippen LogP contribution >= 0.6 is 15.9 Å². The Kier molecular flexibility index (Phi) is 8.68. The SMILES string of the molecule is COCCOC1CNC(c2nc(-c3ccc(Br)cc3)cn2COCC[Si](C)(C)C)C1. The van der Waals surface area contributed by atoms with Crippen molar-refractivity contribution in [3.05, 3.63) is 40.8 Å². The molecule has 0 saturated carbocycles. The summed E-state index contributed by atoms with van der Waals surface area (Å²) in [5.74, 6) is 1.01. The highest BCUT2D eigenvalue weighted by molar-refractivity contribution is 9.10. The predicted molar refractivity (Wildman–Crippen MR) is 126 cm³/mol. The molecule has 2 unspecified atom stereocenters. The Hall–Kier alpha value is -1.03. The number of halogens is 1. The lowest BCUT2D eigenvalue weighted by molar-refractivity contribution is 0.0257. The predicted octanol–water partition coefficient (Wildman–Crippen LogP) is 4.69. The Balaban J connectivity index is 1.71. The Morgan fingerprint density at radius 2 is 1.93 bits per heavy atom. The zero-order chi connectivity index (χ0) is 21.6. The molecule has 0 amide bonds. The summed E-state index contributed by atoms with van der Waals surface area (Å²) in [5, 5.41) is 3.57. The first kappa shape index (κ1) is 23.6. The van der Waals surface area contributed by atoms with Crippen LogP contribution in [0, 0.1) is 0 Å². The quantitative estimate of drug-likeness (QED) is 0.361. The number of rotatable bonds is 11. The van der Waals surface area contributed by atoms with Gasteiger partial charge in [-0.2, -0.15) is 0 Å². The minimum atomic E-state index is -1.11. The third-order valence-electron chi connectivity index (χ3n) is 5.22. The number of benzene rings is 1. The second-order valence-corrected chi connectivity index (χ2v) is 15.5. The molecule has 30 heavy (non-hydrogen) atoms. The van der Waals surface area contributed by atoms with Gasteiger partial charge in [0.2, 0.25) is 0 Å². The van der Waals surface area contributed by atoms with Gasteiger partial charge < -0.3 is 24.1 Å². The molecule has 0 radical (unpaired) electrons. The van der Waals surface area contributed by atoms with Crippen LogP contribution in [0.2, 0.25) is 25.7 Å². The third-order valence-corrected chi connectivity index (χ3v) is 7.45. The van der Waals surface area contributed by atoms with Crippen LogP contribution in [0.5, 0.6) is 0 Å². The van der Waals surface area contributed by atoms with Crippen LogP contribution in [0.1, 0.15) is 18.3 Å². The van der Waals surface area contributed by atoms with Gasteiger partial charge in [-0.1, -0.05) is 47.7 Å². The Morgan fingerprint density at radius 1 is 1.17 bits per heavy atom. The number of aromatic nitrogens is 2. The summed E-state index contributed by atoms with van der Waals surface area (Å²) in [6, 6.07) is 9.59. The Morgan fingerprint density at radius 3 is 2.63 bits per heavy atom. The van der Waals surface area contributed by atoms with Crippen LogP contribution in [0.25, 0.3) is 11.3 Å². The van der Waals surface area contributed by atoms with Gasteiger partial charge in [0, 0.05) is 44.6 Å². The number of hydrogen-bond acceptors (Lipinski definition) is 5. The fraction of sp³-hybridized carbons (Fsp3) is 0.591. The zero-order valence-electron chi connectivity index (χ0n) is 18.5. The molecule has 0 spiro atoms. The van der Waals surface area contributed by atoms with Gasteiger partial charge in [0.15, 0.2) is 0 Å². The van der Waals surface area contributed by atoms with E-state index >= 15 is 0 Å². The maximum absolute atomic E-state index is 6.05. The number of methoxy groups -OCH3 is 1. The van der Waals surface area contributed by atoms with Crippen molar-refractivity contribution in [2.75, 3.05) is 33.5 Å². The molecule has 2 aromatic rings. The molecule has 8 heteroatoms. The fourth-order valence-electron chi connectivity index (χ4n) is 3.44. The first-order chi connectivity index (χ1) is 14.4. The minimum Gasteiger partial charge on any atom is -0.382 e. The van der Waals surface area contributed by atoms with E-state index < -0.39 is 8.07 Å². The first-order valence-corrected chi connectivity index (χ1v) is 15.1. The summed E-state index contributed by atoms with van der Waals surface area (Å²) in [6.45, 7) is 10.5. The summed E-state index contributed by atoms with van der Waals surface area (Å²) in [6.07, 6.45) is 3.18.